The minimum Gasteiger partial charge on any atom is -0.480 e. The fourth-order valence-electron chi connectivity index (χ4n) is 1.02. The number of carboxylic acid groups (broad SMARTS) is 1. The van der Waals surface area contributed by atoms with Crippen molar-refractivity contribution >= 4 is 29.1 Å². The molecule has 0 radical (unpaired) electrons. The van der Waals surface area contributed by atoms with Gasteiger partial charge < -0.3 is 10.8 Å². The van der Waals surface area contributed by atoms with Gasteiger partial charge in [-0.05, 0) is 0 Å². The maximum Gasteiger partial charge on any atom is 0.321 e. The molecule has 0 saturated carbocycles. The van der Waals surface area contributed by atoms with Crippen LogP contribution in [0, 0.1) is 0 Å². The van der Waals surface area contributed by atoms with Gasteiger partial charge in [0, 0.05) is 22.8 Å². The monoisotopic (exact) mass is 260 g/mol. The topological polar surface area (TPSA) is 76.2 Å². The first-order valence-corrected chi connectivity index (χ1v) is 7.04. The van der Waals surface area contributed by atoms with Crippen LogP contribution in [-0.2, 0) is 10.5 Å². The first-order chi connectivity index (χ1) is 7.50. The maximum atomic E-state index is 10.5. The molecule has 0 fully saturated rings. The molecule has 0 aliphatic rings. The number of nitrogens with two attached hydrogens (primary N) is 1. The number of thioether (sulfide) groups is 1. The number of hydrogen-bond donors (Lipinski definition) is 2. The predicted octanol–water partition coefficient (Wildman–Crippen LogP) is 1.91. The summed E-state index contributed by atoms with van der Waals surface area (Å²) in [6.45, 7) is 4.21. The van der Waals surface area contributed by atoms with Crippen molar-refractivity contribution in [3.63, 3.8) is 0 Å². The van der Waals surface area contributed by atoms with Gasteiger partial charge in [0.2, 0.25) is 0 Å². The molecule has 16 heavy (non-hydrogen) atoms. The Bertz CT molecular complexity index is 352. The van der Waals surface area contributed by atoms with Gasteiger partial charge in [-0.25, -0.2) is 4.98 Å². The van der Waals surface area contributed by atoms with Crippen LogP contribution in [0.25, 0.3) is 0 Å². The van der Waals surface area contributed by atoms with Crippen molar-refractivity contribution in [3.8, 4) is 0 Å². The summed E-state index contributed by atoms with van der Waals surface area (Å²) >= 11 is 3.16. The summed E-state index contributed by atoms with van der Waals surface area (Å²) in [7, 11) is 0. The van der Waals surface area contributed by atoms with Crippen molar-refractivity contribution in [2.75, 3.05) is 5.75 Å². The first-order valence-electron chi connectivity index (χ1n) is 5.01. The number of carboxylic acids is 1. The highest BCUT2D eigenvalue weighted by Crippen LogP contribution is 2.21. The zero-order chi connectivity index (χ0) is 12.1. The Kier molecular flexibility index (Phi) is 5.24. The van der Waals surface area contributed by atoms with Crippen LogP contribution in [0.3, 0.4) is 0 Å². The lowest BCUT2D eigenvalue weighted by Gasteiger charge is -2.04. The van der Waals surface area contributed by atoms with Gasteiger partial charge in [-0.1, -0.05) is 13.8 Å². The van der Waals surface area contributed by atoms with Gasteiger partial charge in [-0.3, -0.25) is 4.79 Å². The van der Waals surface area contributed by atoms with E-state index in [4.69, 9.17) is 10.8 Å². The molecule has 0 saturated heterocycles. The van der Waals surface area contributed by atoms with E-state index in [1.54, 1.807) is 11.3 Å². The molecule has 1 aromatic heterocycles. The fourth-order valence-corrected chi connectivity index (χ4v) is 2.83. The second kappa shape index (κ2) is 6.22. The lowest BCUT2D eigenvalue weighted by Crippen LogP contribution is -2.32. The standard InChI is InChI=1S/C10H16N2O2S2/c1-6(2)9-12-7(4-16-9)3-15-5-8(11)10(13)14/h4,6,8H,3,5,11H2,1-2H3,(H,13,14)/t8-/m1/s1. The molecular formula is C10H16N2O2S2. The van der Waals surface area contributed by atoms with E-state index in [1.165, 1.54) is 11.8 Å². The lowest BCUT2D eigenvalue weighted by atomic mass is 10.2. The smallest absolute Gasteiger partial charge is 0.321 e. The van der Waals surface area contributed by atoms with Gasteiger partial charge in [-0.2, -0.15) is 11.8 Å². The van der Waals surface area contributed by atoms with E-state index in [1.807, 2.05) is 5.38 Å². The summed E-state index contributed by atoms with van der Waals surface area (Å²) in [5.74, 6) is 0.646. The summed E-state index contributed by atoms with van der Waals surface area (Å²) in [5.41, 5.74) is 6.41. The van der Waals surface area contributed by atoms with Crippen molar-refractivity contribution in [1.82, 2.24) is 4.98 Å². The molecule has 0 aromatic carbocycles. The molecule has 1 rings (SSSR count). The van der Waals surface area contributed by atoms with Crippen LogP contribution >= 0.6 is 23.1 Å². The predicted molar refractivity (Wildman–Crippen MR) is 68.0 cm³/mol. The normalized spacial score (nSPS) is 13.0. The average Bonchev–Trinajstić information content (AvgIpc) is 2.66. The number of hydrogen-bond acceptors (Lipinski definition) is 5. The zero-order valence-corrected chi connectivity index (χ0v) is 11.0. The Hall–Kier alpha value is -0.590. The second-order valence-electron chi connectivity index (χ2n) is 3.79. The van der Waals surface area contributed by atoms with E-state index in [2.05, 4.69) is 18.8 Å². The Morgan fingerprint density at radius 2 is 2.38 bits per heavy atom. The minimum atomic E-state index is -0.950. The Morgan fingerprint density at radius 1 is 1.69 bits per heavy atom. The summed E-state index contributed by atoms with van der Waals surface area (Å²) in [5, 5.41) is 11.7. The van der Waals surface area contributed by atoms with E-state index >= 15 is 0 Å². The average molecular weight is 260 g/mol. The molecule has 0 aliphatic heterocycles. The van der Waals surface area contributed by atoms with Crippen LogP contribution in [0.5, 0.6) is 0 Å². The van der Waals surface area contributed by atoms with Crippen LogP contribution in [0.1, 0.15) is 30.5 Å². The van der Waals surface area contributed by atoms with Crippen LogP contribution in [0.2, 0.25) is 0 Å². The van der Waals surface area contributed by atoms with Gasteiger partial charge in [0.25, 0.3) is 0 Å². The van der Waals surface area contributed by atoms with Crippen LogP contribution in [-0.4, -0.2) is 27.9 Å². The van der Waals surface area contributed by atoms with Gasteiger partial charge in [0.05, 0.1) is 10.7 Å². The van der Waals surface area contributed by atoms with Crippen molar-refractivity contribution in [2.24, 2.45) is 5.73 Å². The molecular weight excluding hydrogens is 244 g/mol. The molecule has 90 valence electrons. The number of thiazole rings is 1. The Labute approximate surface area is 103 Å². The number of carbonyl (C=O) groups is 1. The number of nitrogens with zero attached hydrogens (tertiary/aromatic N) is 1. The zero-order valence-electron chi connectivity index (χ0n) is 9.34. The van der Waals surface area contributed by atoms with Crippen molar-refractivity contribution in [1.29, 1.82) is 0 Å². The quantitative estimate of drug-likeness (QED) is 0.817. The second-order valence-corrected chi connectivity index (χ2v) is 5.71. The molecule has 0 amide bonds. The van der Waals surface area contributed by atoms with Crippen LogP contribution < -0.4 is 5.73 Å². The van der Waals surface area contributed by atoms with Gasteiger partial charge in [0.15, 0.2) is 0 Å². The van der Waals surface area contributed by atoms with E-state index in [0.717, 1.165) is 16.5 Å². The Morgan fingerprint density at radius 3 is 2.88 bits per heavy atom. The highest BCUT2D eigenvalue weighted by atomic mass is 32.2. The van der Waals surface area contributed by atoms with Crippen molar-refractivity contribution in [3.05, 3.63) is 16.1 Å². The Balaban J connectivity index is 2.34. The third kappa shape index (κ3) is 4.11. The number of aliphatic carboxylic acids is 1. The van der Waals surface area contributed by atoms with E-state index < -0.39 is 12.0 Å². The van der Waals surface area contributed by atoms with E-state index in [9.17, 15) is 4.79 Å². The van der Waals surface area contributed by atoms with Crippen LogP contribution in [0.15, 0.2) is 5.38 Å². The third-order valence-electron chi connectivity index (χ3n) is 1.93. The molecule has 1 atom stereocenters. The fraction of sp³-hybridized carbons (Fsp3) is 0.600. The molecule has 1 heterocycles. The molecule has 0 bridgehead atoms. The van der Waals surface area contributed by atoms with E-state index in [-0.39, 0.29) is 0 Å². The van der Waals surface area contributed by atoms with E-state index in [0.29, 0.717) is 11.7 Å². The van der Waals surface area contributed by atoms with Gasteiger partial charge in [0.1, 0.15) is 6.04 Å². The highest BCUT2D eigenvalue weighted by molar-refractivity contribution is 7.98. The molecule has 6 heteroatoms. The molecule has 0 spiro atoms. The minimum absolute atomic E-state index is 0.421. The molecule has 3 N–H and O–H groups in total. The molecule has 4 nitrogen and oxygen atoms in total. The highest BCUT2D eigenvalue weighted by Gasteiger charge is 2.12. The molecule has 0 unspecified atom stereocenters. The third-order valence-corrected chi connectivity index (χ3v) is 4.22. The van der Waals surface area contributed by atoms with Crippen molar-refractivity contribution < 1.29 is 9.90 Å². The first kappa shape index (κ1) is 13.5. The SMILES string of the molecule is CC(C)c1nc(CSC[C@@H](N)C(=O)O)cs1. The lowest BCUT2D eigenvalue weighted by molar-refractivity contribution is -0.137. The molecule has 0 aliphatic carbocycles. The summed E-state index contributed by atoms with van der Waals surface area (Å²) in [4.78, 5) is 14.9. The maximum absolute atomic E-state index is 10.5. The summed E-state index contributed by atoms with van der Waals surface area (Å²) in [6.07, 6.45) is 0. The van der Waals surface area contributed by atoms with Crippen molar-refractivity contribution in [2.45, 2.75) is 31.6 Å². The van der Waals surface area contributed by atoms with Gasteiger partial charge >= 0.3 is 5.97 Å². The number of aromatic nitrogens is 1. The summed E-state index contributed by atoms with van der Waals surface area (Å²) < 4.78 is 0. The van der Waals surface area contributed by atoms with Crippen LogP contribution in [0.4, 0.5) is 0 Å². The number of rotatable bonds is 6. The molecule has 1 aromatic rings. The van der Waals surface area contributed by atoms with Gasteiger partial charge in [-0.15, -0.1) is 11.3 Å². The summed E-state index contributed by atoms with van der Waals surface area (Å²) in [6, 6.07) is -0.784. The largest absolute Gasteiger partial charge is 0.480 e.